The van der Waals surface area contributed by atoms with Crippen LogP contribution in [0.5, 0.6) is 0 Å². The lowest BCUT2D eigenvalue weighted by molar-refractivity contribution is 0.488. The van der Waals surface area contributed by atoms with E-state index in [9.17, 15) is 0 Å². The number of hydrogen-bond donors (Lipinski definition) is 0. The molecule has 12 heavy (non-hydrogen) atoms. The van der Waals surface area contributed by atoms with Crippen LogP contribution >= 0.6 is 0 Å². The van der Waals surface area contributed by atoms with Crippen molar-refractivity contribution >= 4 is 5.71 Å². The van der Waals surface area contributed by atoms with Crippen molar-refractivity contribution in [3.05, 3.63) is 18.5 Å². The smallest absolute Gasteiger partial charge is 0.0641 e. The summed E-state index contributed by atoms with van der Waals surface area (Å²) in [5.41, 5.74) is 3.83. The molecule has 0 amide bonds. The molecular weight excluding hydrogens is 148 g/mol. The third kappa shape index (κ3) is 5.75. The van der Waals surface area contributed by atoms with Crippen LogP contribution in [0.2, 0.25) is 0 Å². The van der Waals surface area contributed by atoms with Crippen LogP contribution in [-0.2, 0) is 0 Å². The van der Waals surface area contributed by atoms with Gasteiger partial charge in [0.05, 0.1) is 6.20 Å². The van der Waals surface area contributed by atoms with Crippen molar-refractivity contribution in [1.29, 1.82) is 0 Å². The van der Waals surface area contributed by atoms with Gasteiger partial charge in [-0.25, -0.2) is 0 Å². The maximum Gasteiger partial charge on any atom is 0.0641 e. The molecule has 0 atom stereocenters. The summed E-state index contributed by atoms with van der Waals surface area (Å²) in [7, 11) is 1.88. The van der Waals surface area contributed by atoms with Gasteiger partial charge in [-0.2, -0.15) is 5.10 Å². The first-order valence-corrected chi connectivity index (χ1v) is 4.33. The van der Waals surface area contributed by atoms with E-state index in [0.717, 1.165) is 12.1 Å². The fourth-order valence-electron chi connectivity index (χ4n) is 0.913. The first-order valence-electron chi connectivity index (χ1n) is 4.33. The molecule has 0 spiro atoms. The maximum atomic E-state index is 4.30. The summed E-state index contributed by atoms with van der Waals surface area (Å²) in [4.78, 5) is 0. The van der Waals surface area contributed by atoms with Gasteiger partial charge >= 0.3 is 0 Å². The molecule has 0 heterocycles. The van der Waals surface area contributed by atoms with Gasteiger partial charge in [-0.3, -0.25) is 5.01 Å². The molecule has 0 bridgehead atoms. The normalized spacial score (nSPS) is 10.8. The highest BCUT2D eigenvalue weighted by Crippen LogP contribution is 1.98. The third-order valence-corrected chi connectivity index (χ3v) is 1.50. The molecule has 2 nitrogen and oxygen atoms in total. The van der Waals surface area contributed by atoms with Crippen LogP contribution in [-0.4, -0.2) is 17.8 Å². The first-order chi connectivity index (χ1) is 5.70. The molecular formula is C10H18N2. The zero-order valence-electron chi connectivity index (χ0n) is 8.30. The Morgan fingerprint density at radius 3 is 2.83 bits per heavy atom. The lowest BCUT2D eigenvalue weighted by atomic mass is 10.2. The molecule has 0 rings (SSSR count). The van der Waals surface area contributed by atoms with E-state index in [0.29, 0.717) is 0 Å². The molecule has 0 radical (unpaired) electrons. The molecule has 0 N–H and O–H groups in total. The summed E-state index contributed by atoms with van der Waals surface area (Å²) in [5.74, 6) is 0. The van der Waals surface area contributed by atoms with Gasteiger partial charge < -0.3 is 0 Å². The number of unbranched alkanes of at least 4 members (excludes halogenated alkanes) is 1. The summed E-state index contributed by atoms with van der Waals surface area (Å²) >= 11 is 0. The highest BCUT2D eigenvalue weighted by Gasteiger charge is 1.91. The molecule has 0 aromatic heterocycles. The molecule has 0 unspecified atom stereocenters. The lowest BCUT2D eigenvalue weighted by Gasteiger charge is -2.06. The molecule has 0 aliphatic heterocycles. The average molecular weight is 166 g/mol. The lowest BCUT2D eigenvalue weighted by Crippen LogP contribution is -2.05. The van der Waals surface area contributed by atoms with Gasteiger partial charge in [-0.1, -0.05) is 19.9 Å². The Labute approximate surface area is 75.3 Å². The largest absolute Gasteiger partial charge is 0.268 e. The minimum absolute atomic E-state index is 1.08. The van der Waals surface area contributed by atoms with Crippen LogP contribution in [0.3, 0.4) is 0 Å². The fourth-order valence-corrected chi connectivity index (χ4v) is 0.913. The maximum absolute atomic E-state index is 4.30. The van der Waals surface area contributed by atoms with Crippen LogP contribution in [0, 0.1) is 0 Å². The predicted molar refractivity (Wildman–Crippen MR) is 54.1 cm³/mol. The molecule has 0 fully saturated rings. The molecule has 0 aliphatic carbocycles. The minimum Gasteiger partial charge on any atom is -0.268 e. The van der Waals surface area contributed by atoms with E-state index in [1.54, 1.807) is 11.2 Å². The molecule has 0 saturated heterocycles. The van der Waals surface area contributed by atoms with E-state index in [1.807, 2.05) is 14.0 Å². The third-order valence-electron chi connectivity index (χ3n) is 1.50. The van der Waals surface area contributed by atoms with Gasteiger partial charge in [-0.05, 0) is 19.8 Å². The summed E-state index contributed by atoms with van der Waals surface area (Å²) in [5, 5.41) is 6.03. The molecule has 68 valence electrons. The fraction of sp³-hybridized carbons (Fsp3) is 0.600. The Morgan fingerprint density at radius 1 is 1.67 bits per heavy atom. The van der Waals surface area contributed by atoms with Crippen LogP contribution < -0.4 is 0 Å². The van der Waals surface area contributed by atoms with Crippen LogP contribution in [0.25, 0.3) is 0 Å². The average Bonchev–Trinajstić information content (AvgIpc) is 2.01. The van der Waals surface area contributed by atoms with Crippen LogP contribution in [0.15, 0.2) is 23.6 Å². The topological polar surface area (TPSA) is 15.6 Å². The van der Waals surface area contributed by atoms with Crippen molar-refractivity contribution in [3.63, 3.8) is 0 Å². The van der Waals surface area contributed by atoms with E-state index in [2.05, 4.69) is 24.3 Å². The van der Waals surface area contributed by atoms with E-state index in [-0.39, 0.29) is 0 Å². The van der Waals surface area contributed by atoms with Gasteiger partial charge in [0.15, 0.2) is 0 Å². The van der Waals surface area contributed by atoms with Crippen molar-refractivity contribution in [2.45, 2.75) is 33.1 Å². The van der Waals surface area contributed by atoms with E-state index in [1.165, 1.54) is 12.8 Å². The van der Waals surface area contributed by atoms with Crippen molar-refractivity contribution in [1.82, 2.24) is 5.01 Å². The van der Waals surface area contributed by atoms with Crippen LogP contribution in [0.1, 0.15) is 33.1 Å². The number of hydrazone groups is 1. The quantitative estimate of drug-likeness (QED) is 0.348. The molecule has 0 aromatic rings. The zero-order chi connectivity index (χ0) is 9.40. The second-order valence-corrected chi connectivity index (χ2v) is 2.85. The zero-order valence-corrected chi connectivity index (χ0v) is 8.30. The first kappa shape index (κ1) is 11.0. The number of rotatable bonds is 5. The Balaban J connectivity index is 3.88. The molecule has 0 aromatic carbocycles. The van der Waals surface area contributed by atoms with Gasteiger partial charge in [0.25, 0.3) is 0 Å². The Bertz CT molecular complexity index is 188. The molecule has 0 saturated carbocycles. The van der Waals surface area contributed by atoms with E-state index < -0.39 is 0 Å². The highest BCUT2D eigenvalue weighted by atomic mass is 15.4. The van der Waals surface area contributed by atoms with Crippen LogP contribution in [0.4, 0.5) is 0 Å². The van der Waals surface area contributed by atoms with Gasteiger partial charge in [0, 0.05) is 12.8 Å². The monoisotopic (exact) mass is 166 g/mol. The Hall–Kier alpha value is -1.01. The van der Waals surface area contributed by atoms with Crippen molar-refractivity contribution in [2.75, 3.05) is 7.05 Å². The van der Waals surface area contributed by atoms with Crippen molar-refractivity contribution in [2.24, 2.45) is 5.10 Å². The van der Waals surface area contributed by atoms with Gasteiger partial charge in [0.1, 0.15) is 0 Å². The minimum atomic E-state index is 1.08. The van der Waals surface area contributed by atoms with Crippen molar-refractivity contribution in [3.8, 4) is 0 Å². The summed E-state index contributed by atoms with van der Waals surface area (Å²) in [6.07, 6.45) is 5.22. The van der Waals surface area contributed by atoms with E-state index >= 15 is 0 Å². The van der Waals surface area contributed by atoms with Crippen molar-refractivity contribution < 1.29 is 0 Å². The SMILES string of the molecule is C=C=CN(C)/N=C(\C)CCCC. The summed E-state index contributed by atoms with van der Waals surface area (Å²) in [6.45, 7) is 7.70. The Kier molecular flexibility index (Phi) is 6.12. The standard InChI is InChI=1S/C10H18N2/c1-5-7-8-10(3)11-12(4)9-6-2/h9H,2,5,7-8H2,1,3-4H3/b11-10+. The number of hydrogen-bond acceptors (Lipinski definition) is 2. The molecule has 0 aliphatic rings. The predicted octanol–water partition coefficient (Wildman–Crippen LogP) is 2.78. The number of nitrogens with zero attached hydrogens (tertiary/aromatic N) is 2. The molecule has 2 heteroatoms. The summed E-state index contributed by atoms with van der Waals surface area (Å²) < 4.78 is 0. The second kappa shape index (κ2) is 6.68. The van der Waals surface area contributed by atoms with Gasteiger partial charge in [-0.15, -0.1) is 5.73 Å². The van der Waals surface area contributed by atoms with E-state index in [4.69, 9.17) is 0 Å². The summed E-state index contributed by atoms with van der Waals surface area (Å²) in [6, 6.07) is 0. The highest BCUT2D eigenvalue weighted by molar-refractivity contribution is 5.81. The van der Waals surface area contributed by atoms with Gasteiger partial charge in [0.2, 0.25) is 0 Å². The Morgan fingerprint density at radius 2 is 2.33 bits per heavy atom. The second-order valence-electron chi connectivity index (χ2n) is 2.85.